The fourth-order valence-electron chi connectivity index (χ4n) is 5.10. The molecule has 0 bridgehead atoms. The van der Waals surface area contributed by atoms with Crippen molar-refractivity contribution in [2.45, 2.75) is 54.3 Å². The lowest BCUT2D eigenvalue weighted by atomic mass is 9.98. The van der Waals surface area contributed by atoms with Crippen LogP contribution in [-0.2, 0) is 36.9 Å². The molecule has 6 rings (SSSR count). The van der Waals surface area contributed by atoms with Crippen LogP contribution in [0.15, 0.2) is 120 Å². The predicted octanol–water partition coefficient (Wildman–Crippen LogP) is 6.80. The molecular weight excluding hydrogens is 536 g/mol. The van der Waals surface area contributed by atoms with Crippen molar-refractivity contribution in [1.29, 1.82) is 0 Å². The van der Waals surface area contributed by atoms with E-state index in [0.29, 0.717) is 19.8 Å². The van der Waals surface area contributed by atoms with Crippen molar-refractivity contribution in [3.63, 3.8) is 0 Å². The standard InChI is InChI=1S/C34H34O6S/c1-35-27-19-17-26(18-20-27)33-38-23-29-30(40-33)31(36-21-24-11-5-2-6-12-24)32(37-22-25-13-7-3-8-14-25)34(39-29)41-28-15-9-4-10-16-28/h2-20,29-34H,21-23H2,1H3/t29-,30-,31+,32-,33-,34+/m1/s1. The van der Waals surface area contributed by atoms with Crippen molar-refractivity contribution in [3.8, 4) is 5.75 Å². The van der Waals surface area contributed by atoms with Gasteiger partial charge in [-0.25, -0.2) is 0 Å². The summed E-state index contributed by atoms with van der Waals surface area (Å²) in [4.78, 5) is 1.10. The van der Waals surface area contributed by atoms with E-state index in [-0.39, 0.29) is 11.5 Å². The smallest absolute Gasteiger partial charge is 0.184 e. The third kappa shape index (κ3) is 7.01. The van der Waals surface area contributed by atoms with Gasteiger partial charge in [0.25, 0.3) is 0 Å². The van der Waals surface area contributed by atoms with Gasteiger partial charge in [0.1, 0.15) is 35.6 Å². The Morgan fingerprint density at radius 2 is 1.27 bits per heavy atom. The van der Waals surface area contributed by atoms with E-state index >= 15 is 0 Å². The molecule has 0 amide bonds. The van der Waals surface area contributed by atoms with Gasteiger partial charge in [-0.3, -0.25) is 0 Å². The molecule has 0 radical (unpaired) electrons. The second-order valence-electron chi connectivity index (χ2n) is 10.0. The van der Waals surface area contributed by atoms with Gasteiger partial charge in [0.05, 0.1) is 26.9 Å². The summed E-state index contributed by atoms with van der Waals surface area (Å²) in [5.41, 5.74) is 2.76. The third-order valence-electron chi connectivity index (χ3n) is 7.24. The van der Waals surface area contributed by atoms with E-state index in [1.54, 1.807) is 18.9 Å². The van der Waals surface area contributed by atoms with E-state index in [1.165, 1.54) is 0 Å². The first kappa shape index (κ1) is 28.0. The molecule has 4 aromatic rings. The average Bonchev–Trinajstić information content (AvgIpc) is 3.04. The van der Waals surface area contributed by atoms with Crippen molar-refractivity contribution >= 4 is 11.8 Å². The Balaban J connectivity index is 1.29. The molecule has 2 heterocycles. The maximum absolute atomic E-state index is 6.71. The molecule has 2 aliphatic heterocycles. The highest BCUT2D eigenvalue weighted by atomic mass is 32.2. The lowest BCUT2D eigenvalue weighted by molar-refractivity contribution is -0.329. The molecule has 0 N–H and O–H groups in total. The predicted molar refractivity (Wildman–Crippen MR) is 158 cm³/mol. The molecule has 4 aromatic carbocycles. The summed E-state index contributed by atoms with van der Waals surface area (Å²) >= 11 is 1.64. The van der Waals surface area contributed by atoms with Crippen LogP contribution in [0.2, 0.25) is 0 Å². The fraction of sp³-hybridized carbons (Fsp3) is 0.294. The highest BCUT2D eigenvalue weighted by Crippen LogP contribution is 2.41. The highest BCUT2D eigenvalue weighted by molar-refractivity contribution is 7.99. The number of hydrogen-bond donors (Lipinski definition) is 0. The highest BCUT2D eigenvalue weighted by Gasteiger charge is 2.51. The van der Waals surface area contributed by atoms with Crippen LogP contribution in [0.25, 0.3) is 0 Å². The molecule has 7 heteroatoms. The number of thioether (sulfide) groups is 1. The summed E-state index contributed by atoms with van der Waals surface area (Å²) < 4.78 is 38.2. The van der Waals surface area contributed by atoms with Crippen LogP contribution in [0.5, 0.6) is 5.75 Å². The van der Waals surface area contributed by atoms with Crippen LogP contribution >= 0.6 is 11.8 Å². The summed E-state index contributed by atoms with van der Waals surface area (Å²) in [5, 5.41) is 0. The number of fused-ring (bicyclic) bond motifs is 1. The minimum atomic E-state index is -0.554. The molecule has 2 fully saturated rings. The zero-order valence-corrected chi connectivity index (χ0v) is 23.7. The van der Waals surface area contributed by atoms with Crippen molar-refractivity contribution in [1.82, 2.24) is 0 Å². The zero-order chi connectivity index (χ0) is 27.9. The minimum absolute atomic E-state index is 0.317. The quantitative estimate of drug-likeness (QED) is 0.208. The van der Waals surface area contributed by atoms with E-state index in [9.17, 15) is 0 Å². The first-order valence-electron chi connectivity index (χ1n) is 13.9. The Hall–Kier alpha value is -3.17. The molecule has 0 aliphatic carbocycles. The summed E-state index contributed by atoms with van der Waals surface area (Å²) in [5.74, 6) is 0.780. The van der Waals surface area contributed by atoms with Crippen LogP contribution < -0.4 is 4.74 Å². The van der Waals surface area contributed by atoms with Crippen LogP contribution in [0.1, 0.15) is 23.0 Å². The number of rotatable bonds is 10. The number of hydrogen-bond acceptors (Lipinski definition) is 7. The fourth-order valence-corrected chi connectivity index (χ4v) is 6.25. The van der Waals surface area contributed by atoms with E-state index in [2.05, 4.69) is 36.4 Å². The number of ether oxygens (including phenoxy) is 6. The Labute approximate surface area is 245 Å². The average molecular weight is 571 g/mol. The van der Waals surface area contributed by atoms with Crippen molar-refractivity contribution in [2.24, 2.45) is 0 Å². The van der Waals surface area contributed by atoms with Gasteiger partial charge in [-0.05, 0) is 35.4 Å². The van der Waals surface area contributed by atoms with Crippen LogP contribution in [0, 0.1) is 0 Å². The largest absolute Gasteiger partial charge is 0.497 e. The SMILES string of the molecule is COc1ccc([C@@H]2OC[C@H]3O[C@@H](Sc4ccccc4)[C@H](OCc4ccccc4)[C@@H](OCc4ccccc4)[C@@H]3O2)cc1. The lowest BCUT2D eigenvalue weighted by Crippen LogP contribution is -2.62. The first-order valence-corrected chi connectivity index (χ1v) is 14.7. The molecule has 0 aromatic heterocycles. The molecule has 41 heavy (non-hydrogen) atoms. The molecular formula is C34H34O6S. The van der Waals surface area contributed by atoms with Gasteiger partial charge in [-0.15, -0.1) is 0 Å². The van der Waals surface area contributed by atoms with E-state index in [0.717, 1.165) is 27.3 Å². The molecule has 2 saturated heterocycles. The maximum Gasteiger partial charge on any atom is 0.184 e. The Kier molecular flexibility index (Phi) is 9.32. The van der Waals surface area contributed by atoms with Gasteiger partial charge in [-0.1, -0.05) is 103 Å². The number of benzene rings is 4. The maximum atomic E-state index is 6.71. The van der Waals surface area contributed by atoms with E-state index in [4.69, 9.17) is 28.4 Å². The van der Waals surface area contributed by atoms with Crippen molar-refractivity contribution < 1.29 is 28.4 Å². The van der Waals surface area contributed by atoms with E-state index < -0.39 is 24.6 Å². The molecule has 0 unspecified atom stereocenters. The van der Waals surface area contributed by atoms with Crippen LogP contribution in [0.4, 0.5) is 0 Å². The molecule has 212 valence electrons. The second-order valence-corrected chi connectivity index (χ2v) is 11.2. The topological polar surface area (TPSA) is 55.4 Å². The van der Waals surface area contributed by atoms with Gasteiger partial charge in [0.15, 0.2) is 6.29 Å². The second kappa shape index (κ2) is 13.7. The van der Waals surface area contributed by atoms with Crippen LogP contribution in [-0.4, -0.2) is 43.6 Å². The van der Waals surface area contributed by atoms with E-state index in [1.807, 2.05) is 78.9 Å². The Morgan fingerprint density at radius 3 is 1.88 bits per heavy atom. The van der Waals surface area contributed by atoms with Gasteiger partial charge in [-0.2, -0.15) is 0 Å². The summed E-state index contributed by atoms with van der Waals surface area (Å²) in [6, 6.07) is 38.4. The Bertz CT molecular complexity index is 1340. The van der Waals surface area contributed by atoms with Crippen LogP contribution in [0.3, 0.4) is 0 Å². The third-order valence-corrected chi connectivity index (χ3v) is 8.39. The Morgan fingerprint density at radius 1 is 0.683 bits per heavy atom. The molecule has 2 aliphatic rings. The van der Waals surface area contributed by atoms with Crippen molar-refractivity contribution in [2.75, 3.05) is 13.7 Å². The monoisotopic (exact) mass is 570 g/mol. The molecule has 6 atom stereocenters. The summed E-state index contributed by atoms with van der Waals surface area (Å²) in [6.07, 6.45) is -2.07. The van der Waals surface area contributed by atoms with Gasteiger partial charge in [0.2, 0.25) is 0 Å². The molecule has 0 saturated carbocycles. The molecule has 0 spiro atoms. The lowest BCUT2D eigenvalue weighted by Gasteiger charge is -2.49. The normalized spacial score (nSPS) is 25.8. The minimum Gasteiger partial charge on any atom is -0.497 e. The zero-order valence-electron chi connectivity index (χ0n) is 22.9. The number of methoxy groups -OCH3 is 1. The molecule has 6 nitrogen and oxygen atoms in total. The first-order chi connectivity index (χ1) is 20.3. The van der Waals surface area contributed by atoms with Gasteiger partial charge >= 0.3 is 0 Å². The van der Waals surface area contributed by atoms with Crippen molar-refractivity contribution in [3.05, 3.63) is 132 Å². The van der Waals surface area contributed by atoms with Gasteiger partial charge in [0, 0.05) is 10.5 Å². The van der Waals surface area contributed by atoms with Gasteiger partial charge < -0.3 is 28.4 Å². The summed E-state index contributed by atoms with van der Waals surface area (Å²) in [7, 11) is 1.65. The summed E-state index contributed by atoms with van der Waals surface area (Å²) in [6.45, 7) is 1.24.